The zero-order valence-electron chi connectivity index (χ0n) is 31.4. The monoisotopic (exact) mass is 739 g/mol. The summed E-state index contributed by atoms with van der Waals surface area (Å²) in [7, 11) is 0. The van der Waals surface area contributed by atoms with Gasteiger partial charge in [-0.25, -0.2) is 0 Å². The Morgan fingerprint density at radius 3 is 1.69 bits per heavy atom. The molecule has 12 aromatic rings. The Morgan fingerprint density at radius 1 is 0.328 bits per heavy atom. The summed E-state index contributed by atoms with van der Waals surface area (Å²) in [6.07, 6.45) is 0.973. The molecule has 3 heteroatoms. The molecule has 0 atom stereocenters. The summed E-state index contributed by atoms with van der Waals surface area (Å²) in [5.41, 5.74) is 19.0. The molecule has 3 aromatic heterocycles. The van der Waals surface area contributed by atoms with Crippen molar-refractivity contribution in [3.8, 4) is 50.2 Å². The van der Waals surface area contributed by atoms with Crippen LogP contribution in [0.1, 0.15) is 11.1 Å². The molecule has 1 aliphatic carbocycles. The minimum atomic E-state index is 0.868. The van der Waals surface area contributed by atoms with E-state index in [9.17, 15) is 0 Å². The highest BCUT2D eigenvalue weighted by Gasteiger charge is 2.23. The zero-order chi connectivity index (χ0) is 37.9. The van der Waals surface area contributed by atoms with Gasteiger partial charge in [0.25, 0.3) is 0 Å². The fourth-order valence-corrected chi connectivity index (χ4v) is 9.76. The van der Waals surface area contributed by atoms with Gasteiger partial charge in [-0.2, -0.15) is 0 Å². The van der Waals surface area contributed by atoms with Gasteiger partial charge in [-0.05, 0) is 93.4 Å². The molecule has 0 aliphatic heterocycles. The molecule has 270 valence electrons. The minimum absolute atomic E-state index is 0.868. The van der Waals surface area contributed by atoms with Crippen LogP contribution in [0.25, 0.3) is 116 Å². The fraction of sp³-hybridized carbons (Fsp3) is 0.0182. The van der Waals surface area contributed by atoms with E-state index in [1.807, 2.05) is 12.1 Å². The lowest BCUT2D eigenvalue weighted by Crippen LogP contribution is -1.95. The normalized spacial score (nSPS) is 12.4. The summed E-state index contributed by atoms with van der Waals surface area (Å²) in [4.78, 5) is 0. The molecule has 0 spiro atoms. The highest BCUT2D eigenvalue weighted by Crippen LogP contribution is 2.45. The summed E-state index contributed by atoms with van der Waals surface area (Å²) in [6, 6.07) is 67.9. The maximum Gasteiger partial charge on any atom is 0.159 e. The van der Waals surface area contributed by atoms with Crippen molar-refractivity contribution < 1.29 is 8.83 Å². The van der Waals surface area contributed by atoms with Gasteiger partial charge in [0.2, 0.25) is 0 Å². The topological polar surface area (TPSA) is 31.2 Å². The molecule has 0 N–H and O–H groups in total. The van der Waals surface area contributed by atoms with Crippen LogP contribution >= 0.6 is 0 Å². The average Bonchev–Trinajstić information content (AvgIpc) is 4.05. The largest absolute Gasteiger partial charge is 0.455 e. The molecule has 0 radical (unpaired) electrons. The van der Waals surface area contributed by atoms with E-state index in [-0.39, 0.29) is 0 Å². The van der Waals surface area contributed by atoms with Crippen molar-refractivity contribution in [2.45, 2.75) is 6.42 Å². The van der Waals surface area contributed by atoms with Crippen molar-refractivity contribution in [2.75, 3.05) is 0 Å². The van der Waals surface area contributed by atoms with Gasteiger partial charge in [-0.3, -0.25) is 0 Å². The Balaban J connectivity index is 1.06. The first kappa shape index (κ1) is 31.6. The van der Waals surface area contributed by atoms with Crippen LogP contribution in [0, 0.1) is 0 Å². The maximum atomic E-state index is 7.22. The van der Waals surface area contributed by atoms with E-state index in [4.69, 9.17) is 8.83 Å². The maximum absolute atomic E-state index is 7.22. The molecule has 3 heterocycles. The van der Waals surface area contributed by atoms with Crippen LogP contribution in [-0.2, 0) is 6.42 Å². The van der Waals surface area contributed by atoms with E-state index < -0.39 is 0 Å². The van der Waals surface area contributed by atoms with Gasteiger partial charge < -0.3 is 13.4 Å². The highest BCUT2D eigenvalue weighted by atomic mass is 16.3. The summed E-state index contributed by atoms with van der Waals surface area (Å²) in [5, 5.41) is 6.88. The SMILES string of the molecule is c1cc(-c2cccc3c2oc2ccccc23)cc(-c2cccc3c2oc2c(-n4c5ccccc5c5ccccc54)cc(-c4ccc5c(c4)-c4ccccc4C5)cc23)c1. The number of furan rings is 2. The summed E-state index contributed by atoms with van der Waals surface area (Å²) in [5.74, 6) is 0. The second-order valence-electron chi connectivity index (χ2n) is 15.6. The predicted octanol–water partition coefficient (Wildman–Crippen LogP) is 15.2. The van der Waals surface area contributed by atoms with E-state index >= 15 is 0 Å². The Morgan fingerprint density at radius 2 is 0.914 bits per heavy atom. The number of hydrogen-bond donors (Lipinski definition) is 0. The van der Waals surface area contributed by atoms with Gasteiger partial charge in [0.15, 0.2) is 5.58 Å². The number of rotatable bonds is 4. The van der Waals surface area contributed by atoms with Crippen molar-refractivity contribution in [2.24, 2.45) is 0 Å². The number of para-hydroxylation sites is 5. The van der Waals surface area contributed by atoms with Crippen LogP contribution in [-0.4, -0.2) is 4.57 Å². The number of fused-ring (bicyclic) bond motifs is 12. The third-order valence-corrected chi connectivity index (χ3v) is 12.4. The Labute approximate surface area is 333 Å². The van der Waals surface area contributed by atoms with Crippen LogP contribution in [0.5, 0.6) is 0 Å². The third kappa shape index (κ3) is 4.50. The summed E-state index contributed by atoms with van der Waals surface area (Å²) < 4.78 is 16.1. The van der Waals surface area contributed by atoms with Crippen molar-refractivity contribution in [1.29, 1.82) is 0 Å². The first-order valence-corrected chi connectivity index (χ1v) is 20.0. The Bertz CT molecular complexity index is 3610. The number of hydrogen-bond acceptors (Lipinski definition) is 2. The predicted molar refractivity (Wildman–Crippen MR) is 240 cm³/mol. The molecule has 0 amide bonds. The molecule has 1 aliphatic rings. The van der Waals surface area contributed by atoms with Crippen molar-refractivity contribution in [3.63, 3.8) is 0 Å². The first-order chi connectivity index (χ1) is 28.7. The van der Waals surface area contributed by atoms with Crippen LogP contribution in [0.2, 0.25) is 0 Å². The summed E-state index contributed by atoms with van der Waals surface area (Å²) in [6.45, 7) is 0. The number of aromatic nitrogens is 1. The lowest BCUT2D eigenvalue weighted by molar-refractivity contribution is 0.667. The molecular formula is C55H33NO2. The van der Waals surface area contributed by atoms with Gasteiger partial charge in [-0.1, -0.05) is 146 Å². The molecule has 0 bridgehead atoms. The van der Waals surface area contributed by atoms with Gasteiger partial charge >= 0.3 is 0 Å². The molecule has 0 unspecified atom stereocenters. The van der Waals surface area contributed by atoms with Gasteiger partial charge in [-0.15, -0.1) is 0 Å². The quantitative estimate of drug-likeness (QED) is 0.180. The number of benzene rings is 9. The lowest BCUT2D eigenvalue weighted by atomic mass is 9.95. The van der Waals surface area contributed by atoms with Gasteiger partial charge in [0, 0.05) is 43.4 Å². The lowest BCUT2D eigenvalue weighted by Gasteiger charge is -2.13. The third-order valence-electron chi connectivity index (χ3n) is 12.4. The highest BCUT2D eigenvalue weighted by molar-refractivity contribution is 6.16. The van der Waals surface area contributed by atoms with Crippen LogP contribution in [0.15, 0.2) is 197 Å². The Kier molecular flexibility index (Phi) is 6.50. The van der Waals surface area contributed by atoms with E-state index in [1.165, 1.54) is 38.6 Å². The molecule has 3 nitrogen and oxygen atoms in total. The van der Waals surface area contributed by atoms with Crippen LogP contribution in [0.3, 0.4) is 0 Å². The Hall–Kier alpha value is -7.62. The van der Waals surface area contributed by atoms with E-state index in [2.05, 4.69) is 180 Å². The van der Waals surface area contributed by atoms with Crippen molar-refractivity contribution in [1.82, 2.24) is 4.57 Å². The van der Waals surface area contributed by atoms with Crippen molar-refractivity contribution in [3.05, 3.63) is 199 Å². The second kappa shape index (κ2) is 11.9. The van der Waals surface area contributed by atoms with E-state index in [0.29, 0.717) is 0 Å². The molecule has 13 rings (SSSR count). The second-order valence-corrected chi connectivity index (χ2v) is 15.6. The summed E-state index contributed by atoms with van der Waals surface area (Å²) >= 11 is 0. The van der Waals surface area contributed by atoms with Gasteiger partial charge in [0.1, 0.15) is 16.7 Å². The minimum Gasteiger partial charge on any atom is -0.455 e. The molecule has 58 heavy (non-hydrogen) atoms. The molecule has 9 aromatic carbocycles. The zero-order valence-corrected chi connectivity index (χ0v) is 31.4. The van der Waals surface area contributed by atoms with Gasteiger partial charge in [0.05, 0.1) is 16.7 Å². The van der Waals surface area contributed by atoms with Crippen LogP contribution < -0.4 is 0 Å². The molecule has 0 saturated carbocycles. The fourth-order valence-electron chi connectivity index (χ4n) is 9.76. The standard InChI is InChI=1S/C55H33NO2/c1-2-15-39-34(12-1)28-37-27-26-33(30-47(37)39)38-31-48-46-22-11-20-41(36-14-9-13-35(29-36)40-19-10-21-45-44-18-5-8-25-52(44)57-53(40)45)54(46)58-55(48)51(32-38)56-49-23-6-3-16-42(49)43-17-4-7-24-50(43)56/h1-27,29-32H,28H2. The molecule has 0 fully saturated rings. The first-order valence-electron chi connectivity index (χ1n) is 20.0. The van der Waals surface area contributed by atoms with Crippen molar-refractivity contribution >= 4 is 65.7 Å². The van der Waals surface area contributed by atoms with E-state index in [0.717, 1.165) is 94.8 Å². The number of nitrogens with zero attached hydrogens (tertiary/aromatic N) is 1. The average molecular weight is 740 g/mol. The van der Waals surface area contributed by atoms with E-state index in [1.54, 1.807) is 0 Å². The van der Waals surface area contributed by atoms with Crippen LogP contribution in [0.4, 0.5) is 0 Å². The molecule has 0 saturated heterocycles. The smallest absolute Gasteiger partial charge is 0.159 e. The molecular weight excluding hydrogens is 707 g/mol.